The minimum atomic E-state index is -2.12. The van der Waals surface area contributed by atoms with Gasteiger partial charge in [0.05, 0.1) is 33.0 Å². The summed E-state index contributed by atoms with van der Waals surface area (Å²) in [4.78, 5) is 36.5. The number of aliphatic hydroxyl groups is 14. The lowest BCUT2D eigenvalue weighted by molar-refractivity contribution is -0.381. The van der Waals surface area contributed by atoms with Crippen molar-refractivity contribution in [3.05, 3.63) is 0 Å². The zero-order chi connectivity index (χ0) is 48.2. The van der Waals surface area contributed by atoms with E-state index in [4.69, 9.17) is 42.6 Å². The Morgan fingerprint density at radius 3 is 1.12 bits per heavy atom. The summed E-state index contributed by atoms with van der Waals surface area (Å²) in [6, 6.07) is -4.83. The van der Waals surface area contributed by atoms with E-state index in [0.29, 0.717) is 0 Å². The van der Waals surface area contributed by atoms with Crippen LogP contribution in [0.4, 0.5) is 0 Å². The van der Waals surface area contributed by atoms with Gasteiger partial charge in [0, 0.05) is 20.8 Å². The number of rotatable bonds is 16. The van der Waals surface area contributed by atoms with Crippen LogP contribution < -0.4 is 16.0 Å². The van der Waals surface area contributed by atoms with Crippen molar-refractivity contribution >= 4 is 17.7 Å². The van der Waals surface area contributed by atoms with E-state index < -0.39 is 204 Å². The van der Waals surface area contributed by atoms with Gasteiger partial charge in [-0.25, -0.2) is 0 Å². The Labute approximate surface area is 369 Å². The van der Waals surface area contributed by atoms with E-state index in [-0.39, 0.29) is 0 Å². The van der Waals surface area contributed by atoms with Crippen LogP contribution in [0.15, 0.2) is 0 Å². The Balaban J connectivity index is 1.38. The first-order chi connectivity index (χ1) is 30.7. The second-order valence-corrected chi connectivity index (χ2v) is 16.2. The number of carbonyl (C=O) groups excluding carboxylic acids is 3. The molecular weight excluding hydrogens is 890 g/mol. The highest BCUT2D eigenvalue weighted by Gasteiger charge is 2.57. The van der Waals surface area contributed by atoms with Crippen molar-refractivity contribution in [2.24, 2.45) is 0 Å². The van der Waals surface area contributed by atoms with Crippen LogP contribution >= 0.6 is 0 Å². The molecule has 5 saturated heterocycles. The summed E-state index contributed by atoms with van der Waals surface area (Å²) in [5, 5.41) is 157. The molecule has 0 spiro atoms. The summed E-state index contributed by atoms with van der Waals surface area (Å²) in [5.74, 6) is -2.28. The number of ether oxygens (including phenoxy) is 9. The molecule has 29 heteroatoms. The highest BCUT2D eigenvalue weighted by molar-refractivity contribution is 5.74. The third-order valence-electron chi connectivity index (χ3n) is 11.5. The maximum Gasteiger partial charge on any atom is 0.217 e. The van der Waals surface area contributed by atoms with Crippen LogP contribution in [0.3, 0.4) is 0 Å². The van der Waals surface area contributed by atoms with Crippen molar-refractivity contribution in [2.75, 3.05) is 33.0 Å². The van der Waals surface area contributed by atoms with Gasteiger partial charge < -0.3 is 130 Å². The van der Waals surface area contributed by atoms with Gasteiger partial charge in [0.25, 0.3) is 0 Å². The van der Waals surface area contributed by atoms with Crippen molar-refractivity contribution in [3.8, 4) is 0 Å². The molecule has 0 aromatic carbocycles. The molecule has 25 atom stereocenters. The Bertz CT molecular complexity index is 1560. The molecule has 5 aliphatic rings. The summed E-state index contributed by atoms with van der Waals surface area (Å²) < 4.78 is 51.2. The Hall–Kier alpha value is -2.51. The third-order valence-corrected chi connectivity index (χ3v) is 11.5. The van der Waals surface area contributed by atoms with Gasteiger partial charge in [-0.2, -0.15) is 0 Å². The number of carbonyl (C=O) groups is 3. The van der Waals surface area contributed by atoms with Gasteiger partial charge in [-0.05, 0) is 0 Å². The monoisotopic (exact) mass is 951 g/mol. The first-order valence-electron chi connectivity index (χ1n) is 20.6. The molecule has 5 heterocycles. The molecule has 65 heavy (non-hydrogen) atoms. The minimum Gasteiger partial charge on any atom is -0.394 e. The molecule has 0 bridgehead atoms. The summed E-state index contributed by atoms with van der Waals surface area (Å²) >= 11 is 0. The number of nitrogens with one attached hydrogen (secondary N) is 3. The molecule has 0 aromatic rings. The van der Waals surface area contributed by atoms with E-state index in [1.165, 1.54) is 0 Å². The SMILES string of the molecule is CC(=O)N[C@H]1[C@H](O[C@H]2[C@@H](O)[C@@H](CO)O[C@@H](O[C@H]3[C@@H](O)[C@@H](CO)OC(O)[C@@H]3NC(C)=O)[C@@H]2O)O[C@H](CO)[C@@H](O[C@@H]2O[C@H](CO)[C@H](O)[C@H](O[C@@H]3O[C@H](CO)[C@@H](O)[C@H](O)[C@H]3NC(C)=O)[C@H]2O)[C@@H]1O. The molecule has 5 aliphatic heterocycles. The highest BCUT2D eigenvalue weighted by Crippen LogP contribution is 2.36. The van der Waals surface area contributed by atoms with Crippen LogP contribution in [0.1, 0.15) is 20.8 Å². The van der Waals surface area contributed by atoms with Crippen molar-refractivity contribution in [1.82, 2.24) is 16.0 Å². The molecule has 5 rings (SSSR count). The van der Waals surface area contributed by atoms with E-state index in [9.17, 15) is 85.9 Å². The van der Waals surface area contributed by atoms with Gasteiger partial charge >= 0.3 is 0 Å². The molecule has 3 amide bonds. The number of aliphatic hydroxyl groups excluding tert-OH is 14. The van der Waals surface area contributed by atoms with Gasteiger partial charge in [0.2, 0.25) is 17.7 Å². The quantitative estimate of drug-likeness (QED) is 0.0683. The maximum absolute atomic E-state index is 12.5. The third kappa shape index (κ3) is 11.9. The van der Waals surface area contributed by atoms with Crippen molar-refractivity contribution in [3.63, 3.8) is 0 Å². The number of hydrogen-bond donors (Lipinski definition) is 17. The lowest BCUT2D eigenvalue weighted by Crippen LogP contribution is -2.70. The summed E-state index contributed by atoms with van der Waals surface area (Å²) in [7, 11) is 0. The Morgan fingerprint density at radius 1 is 0.369 bits per heavy atom. The normalized spacial score (nSPS) is 47.1. The Kier molecular flexibility index (Phi) is 19.1. The van der Waals surface area contributed by atoms with Crippen LogP contribution in [0.2, 0.25) is 0 Å². The molecule has 0 saturated carbocycles. The number of amides is 3. The van der Waals surface area contributed by atoms with Gasteiger partial charge in [-0.15, -0.1) is 0 Å². The smallest absolute Gasteiger partial charge is 0.217 e. The average Bonchev–Trinajstić information content (AvgIpc) is 3.25. The van der Waals surface area contributed by atoms with Gasteiger partial charge in [0.1, 0.15) is 122 Å². The highest BCUT2D eigenvalue weighted by atomic mass is 16.8. The minimum absolute atomic E-state index is 0.720. The Morgan fingerprint density at radius 2 is 0.692 bits per heavy atom. The van der Waals surface area contributed by atoms with Crippen molar-refractivity contribution in [2.45, 2.75) is 174 Å². The largest absolute Gasteiger partial charge is 0.394 e. The topological polar surface area (TPSA) is 454 Å². The first-order valence-corrected chi connectivity index (χ1v) is 20.6. The second-order valence-electron chi connectivity index (χ2n) is 16.2. The van der Waals surface area contributed by atoms with Crippen LogP contribution in [0.5, 0.6) is 0 Å². The predicted octanol–water partition coefficient (Wildman–Crippen LogP) is -11.5. The average molecular weight is 952 g/mol. The molecule has 0 aliphatic carbocycles. The fourth-order valence-electron chi connectivity index (χ4n) is 8.23. The van der Waals surface area contributed by atoms with Crippen LogP contribution in [0.25, 0.3) is 0 Å². The zero-order valence-corrected chi connectivity index (χ0v) is 35.1. The first kappa shape index (κ1) is 53.4. The molecule has 29 nitrogen and oxygen atoms in total. The summed E-state index contributed by atoms with van der Waals surface area (Å²) in [5.41, 5.74) is 0. The molecule has 0 aromatic heterocycles. The maximum atomic E-state index is 12.5. The lowest BCUT2D eigenvalue weighted by atomic mass is 9.94. The molecule has 0 radical (unpaired) electrons. The summed E-state index contributed by atoms with van der Waals surface area (Å²) in [6.45, 7) is -1.47. The van der Waals surface area contributed by atoms with E-state index in [2.05, 4.69) is 16.0 Å². The molecule has 5 fully saturated rings. The fraction of sp³-hybridized carbons (Fsp3) is 0.917. The van der Waals surface area contributed by atoms with E-state index in [1.54, 1.807) is 0 Å². The van der Waals surface area contributed by atoms with Crippen LogP contribution in [-0.2, 0) is 57.0 Å². The van der Waals surface area contributed by atoms with Crippen LogP contribution in [-0.4, -0.2) is 276 Å². The van der Waals surface area contributed by atoms with Crippen LogP contribution in [0, 0.1) is 0 Å². The predicted molar refractivity (Wildman–Crippen MR) is 201 cm³/mol. The second kappa shape index (κ2) is 23.2. The van der Waals surface area contributed by atoms with Crippen molar-refractivity contribution in [1.29, 1.82) is 0 Å². The standard InChI is InChI=1S/C36H61N3O26/c1-9(45)37-17-24(52)20(48)12(4-40)58-33(17)64-30-22(50)14(6-42)59-35(26(30)54)62-28-16(8-44)61-34(18(25(28)53)38-10(2)46)65-31-23(51)15(7-43)60-36(27(31)55)63-29-19(39-11(3)47)32(56)57-13(5-41)21(29)49/h12-36,40-44,48-56H,4-8H2,1-3H3,(H,37,45)(H,38,46)(H,39,47)/t12-,13-,14-,15-,16-,17-,18-,19-,20-,21+,22+,23+,24-,25-,26-,27-,28-,29-,30+,31+,32?,33+,34+,35+,36+/m1/s1. The molecule has 1 unspecified atom stereocenters. The van der Waals surface area contributed by atoms with Crippen molar-refractivity contribution < 1.29 is 129 Å². The number of hydrogen-bond acceptors (Lipinski definition) is 26. The van der Waals surface area contributed by atoms with Gasteiger partial charge in [0.15, 0.2) is 31.5 Å². The molecule has 17 N–H and O–H groups in total. The van der Waals surface area contributed by atoms with E-state index in [1.807, 2.05) is 0 Å². The zero-order valence-electron chi connectivity index (χ0n) is 35.1. The molecular formula is C36H61N3O26. The fourth-order valence-corrected chi connectivity index (χ4v) is 8.23. The van der Waals surface area contributed by atoms with Gasteiger partial charge in [-0.1, -0.05) is 0 Å². The van der Waals surface area contributed by atoms with E-state index in [0.717, 1.165) is 20.8 Å². The lowest BCUT2D eigenvalue weighted by Gasteiger charge is -2.50. The summed E-state index contributed by atoms with van der Waals surface area (Å²) in [6.07, 6.45) is -40.3. The molecule has 376 valence electrons. The van der Waals surface area contributed by atoms with Gasteiger partial charge in [-0.3, -0.25) is 14.4 Å². The van der Waals surface area contributed by atoms with E-state index >= 15 is 0 Å².